The molecule has 0 atom stereocenters. The van der Waals surface area contributed by atoms with Crippen LogP contribution in [0.25, 0.3) is 22.3 Å². The Morgan fingerprint density at radius 2 is 1.24 bits per heavy atom. The Labute approximate surface area is 257 Å². The second-order valence-corrected chi connectivity index (χ2v) is 11.5. The monoisotopic (exact) mass is 626 g/mol. The highest BCUT2D eigenvalue weighted by Gasteiger charge is 2.42. The van der Waals surface area contributed by atoms with Crippen molar-refractivity contribution in [1.82, 2.24) is 0 Å². The van der Waals surface area contributed by atoms with Crippen LogP contribution in [0.3, 0.4) is 0 Å². The molecule has 0 unspecified atom stereocenters. The zero-order chi connectivity index (χ0) is 32.4. The van der Waals surface area contributed by atoms with Crippen LogP contribution in [-0.2, 0) is 15.4 Å². The third-order valence-electron chi connectivity index (χ3n) is 7.83. The molecular weight excluding hydrogens is 595 g/mol. The summed E-state index contributed by atoms with van der Waals surface area (Å²) in [6.07, 6.45) is 4.27. The number of unbranched alkanes of at least 4 members (excludes halogenated alkanes) is 2. The molecular formula is C35H31F5O5. The van der Waals surface area contributed by atoms with Crippen LogP contribution in [0.1, 0.15) is 55.5 Å². The number of rotatable bonds is 9. The Bertz CT molecular complexity index is 1630. The second kappa shape index (κ2) is 13.1. The fraction of sp³-hybridized carbons (Fsp3) is 0.286. The molecule has 236 valence electrons. The van der Waals surface area contributed by atoms with E-state index in [9.17, 15) is 31.9 Å². The molecule has 1 fully saturated rings. The van der Waals surface area contributed by atoms with Gasteiger partial charge in [0.25, 0.3) is 0 Å². The molecule has 0 spiro atoms. The number of carbonyl (C=O) groups is 1. The molecule has 0 bridgehead atoms. The lowest BCUT2D eigenvalue weighted by Crippen LogP contribution is -2.46. The van der Waals surface area contributed by atoms with Crippen LogP contribution in [0.2, 0.25) is 0 Å². The molecule has 0 aromatic heterocycles. The van der Waals surface area contributed by atoms with Gasteiger partial charge in [0.1, 0.15) is 22.9 Å². The highest BCUT2D eigenvalue weighted by Crippen LogP contribution is 2.38. The van der Waals surface area contributed by atoms with Crippen molar-refractivity contribution in [1.29, 1.82) is 0 Å². The van der Waals surface area contributed by atoms with Gasteiger partial charge in [-0.3, -0.25) is 0 Å². The third-order valence-corrected chi connectivity index (χ3v) is 7.83. The first kappa shape index (κ1) is 32.3. The quantitative estimate of drug-likeness (QED) is 0.0662. The first-order valence-electron chi connectivity index (χ1n) is 14.5. The lowest BCUT2D eigenvalue weighted by atomic mass is 9.85. The van der Waals surface area contributed by atoms with E-state index in [-0.39, 0.29) is 11.0 Å². The van der Waals surface area contributed by atoms with Gasteiger partial charge in [-0.1, -0.05) is 81.6 Å². The van der Waals surface area contributed by atoms with Crippen LogP contribution >= 0.6 is 0 Å². The summed E-state index contributed by atoms with van der Waals surface area (Å²) in [6.45, 7) is 4.97. The number of hydrogen-bond acceptors (Lipinski definition) is 5. The number of carbonyl (C=O) groups excluding carboxylic acids is 1. The summed E-state index contributed by atoms with van der Waals surface area (Å²) in [7, 11) is 0. The van der Waals surface area contributed by atoms with Crippen molar-refractivity contribution >= 4 is 5.97 Å². The van der Waals surface area contributed by atoms with Gasteiger partial charge in [0, 0.05) is 23.1 Å². The summed E-state index contributed by atoms with van der Waals surface area (Å²) in [6, 6.07) is 16.4. The highest BCUT2D eigenvalue weighted by molar-refractivity contribution is 5.92. The smallest absolute Gasteiger partial charge is 0.349 e. The maximum absolute atomic E-state index is 14.9. The van der Waals surface area contributed by atoms with E-state index in [1.807, 2.05) is 0 Å². The first-order chi connectivity index (χ1) is 21.4. The molecule has 0 radical (unpaired) electrons. The molecule has 0 aliphatic carbocycles. The molecule has 45 heavy (non-hydrogen) atoms. The summed E-state index contributed by atoms with van der Waals surface area (Å²) < 4.78 is 86.0. The molecule has 1 N–H and O–H groups in total. The number of hydrogen-bond donors (Lipinski definition) is 1. The van der Waals surface area contributed by atoms with Crippen LogP contribution in [0.4, 0.5) is 22.0 Å². The molecule has 10 heteroatoms. The molecule has 4 aromatic carbocycles. The van der Waals surface area contributed by atoms with E-state index in [1.54, 1.807) is 48.5 Å². The largest absolute Gasteiger partial charge is 0.423 e. The van der Waals surface area contributed by atoms with Gasteiger partial charge in [0.2, 0.25) is 0 Å². The Hall–Kier alpha value is -4.12. The van der Waals surface area contributed by atoms with Crippen molar-refractivity contribution in [3.05, 3.63) is 113 Å². The topological polar surface area (TPSA) is 65.0 Å². The van der Waals surface area contributed by atoms with Crippen molar-refractivity contribution < 1.29 is 46.1 Å². The summed E-state index contributed by atoms with van der Waals surface area (Å²) in [5.74, 6) is -11.7. The maximum atomic E-state index is 14.9. The first-order valence-corrected chi connectivity index (χ1v) is 14.5. The van der Waals surface area contributed by atoms with Crippen molar-refractivity contribution in [3.63, 3.8) is 0 Å². The fourth-order valence-electron chi connectivity index (χ4n) is 5.15. The molecule has 0 amide bonds. The van der Waals surface area contributed by atoms with Crippen LogP contribution in [-0.4, -0.2) is 24.3 Å². The van der Waals surface area contributed by atoms with Crippen LogP contribution in [0.5, 0.6) is 5.75 Å². The predicted molar refractivity (Wildman–Crippen MR) is 157 cm³/mol. The van der Waals surface area contributed by atoms with Crippen molar-refractivity contribution in [2.24, 2.45) is 5.41 Å². The van der Waals surface area contributed by atoms with Crippen molar-refractivity contribution in [2.75, 3.05) is 13.2 Å². The normalized spacial score (nSPS) is 19.8. The Morgan fingerprint density at radius 1 is 0.756 bits per heavy atom. The molecule has 1 heterocycles. The summed E-state index contributed by atoms with van der Waals surface area (Å²) in [5.41, 5.74) is 1.37. The van der Waals surface area contributed by atoms with E-state index in [4.69, 9.17) is 9.47 Å². The third kappa shape index (κ3) is 7.08. The Kier molecular flexibility index (Phi) is 9.38. The van der Waals surface area contributed by atoms with Gasteiger partial charge >= 0.3 is 11.9 Å². The molecule has 5 rings (SSSR count). The highest BCUT2D eigenvalue weighted by atomic mass is 19.2. The van der Waals surface area contributed by atoms with E-state index >= 15 is 0 Å². The molecule has 1 aliphatic rings. The molecule has 1 aliphatic heterocycles. The lowest BCUT2D eigenvalue weighted by Gasteiger charge is -2.42. The van der Waals surface area contributed by atoms with Crippen LogP contribution in [0, 0.1) is 34.5 Å². The van der Waals surface area contributed by atoms with Gasteiger partial charge < -0.3 is 19.3 Å². The molecule has 0 saturated carbocycles. The van der Waals surface area contributed by atoms with Crippen LogP contribution < -0.4 is 4.74 Å². The zero-order valence-electron chi connectivity index (χ0n) is 24.6. The van der Waals surface area contributed by atoms with Gasteiger partial charge in [-0.25, -0.2) is 26.7 Å². The fourth-order valence-corrected chi connectivity index (χ4v) is 5.15. The van der Waals surface area contributed by atoms with E-state index in [0.29, 0.717) is 36.5 Å². The predicted octanol–water partition coefficient (Wildman–Crippen LogP) is 8.67. The van der Waals surface area contributed by atoms with Gasteiger partial charge in [-0.2, -0.15) is 0 Å². The minimum Gasteiger partial charge on any atom is -0.423 e. The number of esters is 1. The van der Waals surface area contributed by atoms with Gasteiger partial charge in [-0.15, -0.1) is 0 Å². The minimum absolute atomic E-state index is 0.123. The van der Waals surface area contributed by atoms with Gasteiger partial charge in [0.15, 0.2) is 17.5 Å². The lowest BCUT2D eigenvalue weighted by molar-refractivity contribution is -0.414. The summed E-state index contributed by atoms with van der Waals surface area (Å²) in [4.78, 5) is 12.4. The van der Waals surface area contributed by atoms with E-state index in [1.165, 1.54) is 0 Å². The zero-order valence-corrected chi connectivity index (χ0v) is 24.6. The Balaban J connectivity index is 1.26. The average Bonchev–Trinajstić information content (AvgIpc) is 3.01. The summed E-state index contributed by atoms with van der Waals surface area (Å²) in [5, 5.41) is 11.0. The second-order valence-electron chi connectivity index (χ2n) is 11.5. The van der Waals surface area contributed by atoms with E-state index in [2.05, 4.69) is 18.6 Å². The van der Waals surface area contributed by atoms with Crippen molar-refractivity contribution in [2.45, 2.75) is 45.5 Å². The van der Waals surface area contributed by atoms with Crippen LogP contribution in [0.15, 0.2) is 72.8 Å². The molecule has 4 aromatic rings. The number of ether oxygens (including phenoxy) is 3. The van der Waals surface area contributed by atoms with E-state index in [0.717, 1.165) is 48.9 Å². The molecule has 5 nitrogen and oxygen atoms in total. The number of halogens is 5. The Morgan fingerprint density at radius 3 is 1.76 bits per heavy atom. The number of benzene rings is 4. The SMILES string of the molecule is CCCCCC1(C)COC(O)(c2ccc(-c3ccc(-c4cc(F)c(C(=O)Oc5cc(F)c(F)c(F)c5)c(F)c4)cc3)cc2)OC1. The number of aliphatic hydroxyl groups is 1. The van der Waals surface area contributed by atoms with Crippen molar-refractivity contribution in [3.8, 4) is 28.0 Å². The minimum atomic E-state index is -1.84. The standard InChI is InChI=1S/C35H31F5O5/c1-3-4-5-14-34(2)19-43-35(42,44-20-34)25-12-10-22(11-13-25)21-6-8-23(9-7-21)24-15-27(36)31(28(37)16-24)33(41)45-26-17-29(38)32(40)30(39)18-26/h6-13,15-18,42H,3-5,14,19-20H2,1-2H3. The molecule has 1 saturated heterocycles. The summed E-state index contributed by atoms with van der Waals surface area (Å²) >= 11 is 0. The van der Waals surface area contributed by atoms with E-state index < -0.39 is 52.3 Å². The average molecular weight is 627 g/mol. The maximum Gasteiger partial charge on any atom is 0.349 e. The van der Waals surface area contributed by atoms with Gasteiger partial charge in [-0.05, 0) is 40.8 Å². The van der Waals surface area contributed by atoms with Gasteiger partial charge in [0.05, 0.1) is 13.2 Å².